The Hall–Kier alpha value is -3.74. The third kappa shape index (κ3) is 3.92. The minimum Gasteiger partial charge on any atom is -0.480 e. The number of ether oxygens (including phenoxy) is 1. The number of nitrogens with one attached hydrogen (secondary N) is 1. The fourth-order valence-corrected chi connectivity index (χ4v) is 2.69. The zero-order valence-electron chi connectivity index (χ0n) is 14.4. The van der Waals surface area contributed by atoms with E-state index in [1.54, 1.807) is 12.1 Å². The fourth-order valence-electron chi connectivity index (χ4n) is 2.69. The zero-order valence-corrected chi connectivity index (χ0v) is 14.4. The molecular weight excluding hydrogens is 348 g/mol. The molecule has 0 radical (unpaired) electrons. The molecule has 0 unspecified atom stereocenters. The van der Waals surface area contributed by atoms with E-state index in [1.165, 1.54) is 6.92 Å². The second kappa shape index (κ2) is 7.65. The first-order valence-corrected chi connectivity index (χ1v) is 8.14. The summed E-state index contributed by atoms with van der Waals surface area (Å²) >= 11 is 0. The number of benzene rings is 2. The Morgan fingerprint density at radius 1 is 1.00 bits per heavy atom. The average Bonchev–Trinajstić information content (AvgIpc) is 2.66. The Bertz CT molecular complexity index is 1030. The van der Waals surface area contributed by atoms with Gasteiger partial charge in [0.05, 0.1) is 5.69 Å². The highest BCUT2D eigenvalue weighted by molar-refractivity contribution is 6.07. The van der Waals surface area contributed by atoms with Crippen LogP contribution < -0.4 is 10.1 Å². The molecule has 0 bridgehead atoms. The van der Waals surface area contributed by atoms with Crippen molar-refractivity contribution in [3.05, 3.63) is 60.3 Å². The minimum absolute atomic E-state index is 0.000620. The van der Waals surface area contributed by atoms with Crippen molar-refractivity contribution >= 4 is 28.6 Å². The second-order valence-electron chi connectivity index (χ2n) is 5.72. The smallest absolute Gasteiger partial charge is 0.322 e. The molecule has 1 aromatic heterocycles. The van der Waals surface area contributed by atoms with Gasteiger partial charge in [0.2, 0.25) is 0 Å². The normalized spacial score (nSPS) is 10.4. The van der Waals surface area contributed by atoms with E-state index in [9.17, 15) is 14.4 Å². The van der Waals surface area contributed by atoms with Crippen molar-refractivity contribution in [1.82, 2.24) is 10.3 Å². The Labute approximate surface area is 154 Å². The van der Waals surface area contributed by atoms with Crippen molar-refractivity contribution in [3.8, 4) is 17.0 Å². The molecule has 0 saturated heterocycles. The molecule has 2 N–H and O–H groups in total. The van der Waals surface area contributed by atoms with Crippen molar-refractivity contribution < 1.29 is 24.2 Å². The number of hydrogen-bond donors (Lipinski definition) is 2. The lowest BCUT2D eigenvalue weighted by molar-refractivity contribution is -0.136. The monoisotopic (exact) mass is 364 g/mol. The van der Waals surface area contributed by atoms with Crippen LogP contribution in [0.3, 0.4) is 0 Å². The molecule has 0 atom stereocenters. The molecule has 0 aliphatic heterocycles. The van der Waals surface area contributed by atoms with Gasteiger partial charge in [-0.3, -0.25) is 14.4 Å². The molecule has 7 heteroatoms. The lowest BCUT2D eigenvalue weighted by Gasteiger charge is -2.15. The van der Waals surface area contributed by atoms with Crippen LogP contribution in [0.2, 0.25) is 0 Å². The van der Waals surface area contributed by atoms with E-state index in [2.05, 4.69) is 10.3 Å². The molecule has 0 saturated carbocycles. The van der Waals surface area contributed by atoms with E-state index < -0.39 is 24.4 Å². The van der Waals surface area contributed by atoms with E-state index in [0.717, 1.165) is 5.56 Å². The summed E-state index contributed by atoms with van der Waals surface area (Å²) in [4.78, 5) is 39.3. The molecule has 0 aliphatic rings. The minimum atomic E-state index is -1.19. The van der Waals surface area contributed by atoms with Crippen LogP contribution >= 0.6 is 0 Å². The summed E-state index contributed by atoms with van der Waals surface area (Å²) in [6.07, 6.45) is 0. The number of hydrogen-bond acceptors (Lipinski definition) is 5. The number of aromatic nitrogens is 1. The molecule has 1 amide bonds. The number of carboxylic acids is 1. The van der Waals surface area contributed by atoms with Gasteiger partial charge in [-0.05, 0) is 0 Å². The third-order valence-corrected chi connectivity index (χ3v) is 3.77. The predicted octanol–water partition coefficient (Wildman–Crippen LogP) is 2.64. The summed E-state index contributed by atoms with van der Waals surface area (Å²) < 4.78 is 5.27. The summed E-state index contributed by atoms with van der Waals surface area (Å²) in [5.74, 6) is -2.54. The third-order valence-electron chi connectivity index (χ3n) is 3.77. The number of aliphatic carboxylic acids is 1. The SMILES string of the molecule is CC(=O)Oc1c(C(=O)NCC(=O)O)nc(-c2ccccc2)c2ccccc12. The highest BCUT2D eigenvalue weighted by atomic mass is 16.5. The number of carbonyl (C=O) groups excluding carboxylic acids is 2. The van der Waals surface area contributed by atoms with Gasteiger partial charge in [0.25, 0.3) is 5.91 Å². The van der Waals surface area contributed by atoms with Gasteiger partial charge in [-0.1, -0.05) is 54.6 Å². The van der Waals surface area contributed by atoms with E-state index in [-0.39, 0.29) is 11.4 Å². The van der Waals surface area contributed by atoms with Crippen LogP contribution in [0.4, 0.5) is 0 Å². The molecular formula is C20H16N2O5. The highest BCUT2D eigenvalue weighted by Gasteiger charge is 2.22. The zero-order chi connectivity index (χ0) is 19.4. The van der Waals surface area contributed by atoms with Crippen molar-refractivity contribution in [1.29, 1.82) is 0 Å². The average molecular weight is 364 g/mol. The van der Waals surface area contributed by atoms with E-state index in [0.29, 0.717) is 16.5 Å². The molecule has 136 valence electrons. The molecule has 0 aliphatic carbocycles. The van der Waals surface area contributed by atoms with Crippen LogP contribution in [0.5, 0.6) is 5.75 Å². The number of carboxylic acid groups (broad SMARTS) is 1. The van der Waals surface area contributed by atoms with Gasteiger partial charge in [-0.25, -0.2) is 4.98 Å². The fraction of sp³-hybridized carbons (Fsp3) is 0.100. The number of carbonyl (C=O) groups is 3. The summed E-state index contributed by atoms with van der Waals surface area (Å²) in [6, 6.07) is 16.3. The van der Waals surface area contributed by atoms with Gasteiger partial charge in [0.15, 0.2) is 11.4 Å². The van der Waals surface area contributed by atoms with Gasteiger partial charge in [-0.15, -0.1) is 0 Å². The van der Waals surface area contributed by atoms with Crippen LogP contribution in [0, 0.1) is 0 Å². The van der Waals surface area contributed by atoms with E-state index in [4.69, 9.17) is 9.84 Å². The number of pyridine rings is 1. The summed E-state index contributed by atoms with van der Waals surface area (Å²) in [5, 5.41) is 12.3. The Morgan fingerprint density at radius 3 is 2.26 bits per heavy atom. The van der Waals surface area contributed by atoms with Crippen LogP contribution in [0.1, 0.15) is 17.4 Å². The molecule has 1 heterocycles. The highest BCUT2D eigenvalue weighted by Crippen LogP contribution is 2.35. The van der Waals surface area contributed by atoms with E-state index >= 15 is 0 Å². The molecule has 7 nitrogen and oxygen atoms in total. The molecule has 3 rings (SSSR count). The van der Waals surface area contributed by atoms with Crippen LogP contribution in [-0.2, 0) is 9.59 Å². The van der Waals surface area contributed by atoms with Gasteiger partial charge in [0.1, 0.15) is 6.54 Å². The van der Waals surface area contributed by atoms with Crippen LogP contribution in [0.15, 0.2) is 54.6 Å². The maximum Gasteiger partial charge on any atom is 0.322 e. The maximum atomic E-state index is 12.6. The molecule has 2 aromatic carbocycles. The Morgan fingerprint density at radius 2 is 1.63 bits per heavy atom. The Kier molecular flexibility index (Phi) is 5.12. The number of nitrogens with zero attached hydrogens (tertiary/aromatic N) is 1. The van der Waals surface area contributed by atoms with Gasteiger partial charge < -0.3 is 15.2 Å². The quantitative estimate of drug-likeness (QED) is 0.674. The van der Waals surface area contributed by atoms with Crippen molar-refractivity contribution in [2.24, 2.45) is 0 Å². The second-order valence-corrected chi connectivity index (χ2v) is 5.72. The number of rotatable bonds is 5. The van der Waals surface area contributed by atoms with Crippen molar-refractivity contribution in [3.63, 3.8) is 0 Å². The molecule has 27 heavy (non-hydrogen) atoms. The van der Waals surface area contributed by atoms with Crippen molar-refractivity contribution in [2.75, 3.05) is 6.54 Å². The van der Waals surface area contributed by atoms with Gasteiger partial charge in [0, 0.05) is 23.3 Å². The molecule has 0 spiro atoms. The first-order valence-electron chi connectivity index (χ1n) is 8.14. The first kappa shape index (κ1) is 18.1. The Balaban J connectivity index is 2.26. The van der Waals surface area contributed by atoms with Gasteiger partial charge in [-0.2, -0.15) is 0 Å². The number of amides is 1. The first-order chi connectivity index (χ1) is 13.0. The largest absolute Gasteiger partial charge is 0.480 e. The summed E-state index contributed by atoms with van der Waals surface area (Å²) in [6.45, 7) is 0.645. The standard InChI is InChI=1S/C20H16N2O5/c1-12(23)27-19-15-10-6-5-9-14(15)17(13-7-3-2-4-8-13)22-18(19)20(26)21-11-16(24)25/h2-10H,11H2,1H3,(H,21,26)(H,24,25). The summed E-state index contributed by atoms with van der Waals surface area (Å²) in [5.41, 5.74) is 1.15. The van der Waals surface area contributed by atoms with E-state index in [1.807, 2.05) is 42.5 Å². The molecule has 0 fully saturated rings. The van der Waals surface area contributed by atoms with Gasteiger partial charge >= 0.3 is 11.9 Å². The topological polar surface area (TPSA) is 106 Å². The van der Waals surface area contributed by atoms with Crippen LogP contribution in [-0.4, -0.2) is 34.5 Å². The maximum absolute atomic E-state index is 12.6. The molecule has 3 aromatic rings. The lowest BCUT2D eigenvalue weighted by atomic mass is 10.0. The number of esters is 1. The lowest BCUT2D eigenvalue weighted by Crippen LogP contribution is -2.30. The number of fused-ring (bicyclic) bond motifs is 1. The van der Waals surface area contributed by atoms with Crippen molar-refractivity contribution in [2.45, 2.75) is 6.92 Å². The predicted molar refractivity (Wildman–Crippen MR) is 98.5 cm³/mol. The summed E-state index contributed by atoms with van der Waals surface area (Å²) in [7, 11) is 0. The van der Waals surface area contributed by atoms with Crippen LogP contribution in [0.25, 0.3) is 22.0 Å².